The second kappa shape index (κ2) is 5.87. The Bertz CT molecular complexity index is 640. The van der Waals surface area contributed by atoms with E-state index in [0.717, 1.165) is 11.1 Å². The molecule has 0 radical (unpaired) electrons. The highest BCUT2D eigenvalue weighted by Gasteiger charge is 2.29. The topological polar surface area (TPSA) is 40.0 Å². The Morgan fingerprint density at radius 1 is 0.905 bits per heavy atom. The Labute approximate surface area is 124 Å². The van der Waals surface area contributed by atoms with Gasteiger partial charge in [-0.15, -0.1) is 0 Å². The number of methoxy groups -OCH3 is 2. The first kappa shape index (κ1) is 13.5. The minimum Gasteiger partial charge on any atom is -0.493 e. The van der Waals surface area contributed by atoms with Gasteiger partial charge in [0.1, 0.15) is 6.04 Å². The van der Waals surface area contributed by atoms with Crippen LogP contribution < -0.4 is 9.47 Å². The van der Waals surface area contributed by atoms with Gasteiger partial charge in [-0.05, 0) is 23.3 Å². The van der Waals surface area contributed by atoms with Gasteiger partial charge in [-0.2, -0.15) is 0 Å². The largest absolute Gasteiger partial charge is 0.493 e. The summed E-state index contributed by atoms with van der Waals surface area (Å²) >= 11 is 0. The highest BCUT2D eigenvalue weighted by molar-refractivity contribution is 5.53. The quantitative estimate of drug-likeness (QED) is 0.861. The third-order valence-corrected chi connectivity index (χ3v) is 3.59. The van der Waals surface area contributed by atoms with Crippen molar-refractivity contribution in [2.45, 2.75) is 12.1 Å². The zero-order valence-corrected chi connectivity index (χ0v) is 12.0. The number of rotatable bonds is 4. The summed E-state index contributed by atoms with van der Waals surface area (Å²) in [5.74, 6) is 1.40. The molecule has 0 saturated carbocycles. The maximum absolute atomic E-state index is 5.69. The predicted molar refractivity (Wildman–Crippen MR) is 81.0 cm³/mol. The van der Waals surface area contributed by atoms with Crippen molar-refractivity contribution >= 4 is 6.40 Å². The fourth-order valence-corrected chi connectivity index (χ4v) is 2.52. The molecule has 4 heteroatoms. The van der Waals surface area contributed by atoms with Crippen LogP contribution in [0.2, 0.25) is 0 Å². The molecule has 2 aromatic carbocycles. The van der Waals surface area contributed by atoms with Crippen LogP contribution in [0.25, 0.3) is 0 Å². The van der Waals surface area contributed by atoms with Crippen LogP contribution in [0.5, 0.6) is 11.5 Å². The summed E-state index contributed by atoms with van der Waals surface area (Å²) in [7, 11) is 3.25. The average molecular weight is 283 g/mol. The zero-order valence-electron chi connectivity index (χ0n) is 12.0. The van der Waals surface area contributed by atoms with E-state index in [0.29, 0.717) is 11.5 Å². The van der Waals surface area contributed by atoms with Crippen LogP contribution in [0.4, 0.5) is 0 Å². The number of nitrogens with zero attached hydrogens (tertiary/aromatic N) is 1. The van der Waals surface area contributed by atoms with Gasteiger partial charge in [0.15, 0.2) is 24.0 Å². The smallest absolute Gasteiger partial charge is 0.171 e. The van der Waals surface area contributed by atoms with E-state index in [2.05, 4.69) is 17.1 Å². The van der Waals surface area contributed by atoms with Crippen molar-refractivity contribution in [3.05, 3.63) is 59.7 Å². The lowest BCUT2D eigenvalue weighted by molar-refractivity contribution is 0.204. The van der Waals surface area contributed by atoms with Gasteiger partial charge in [-0.3, -0.25) is 0 Å². The van der Waals surface area contributed by atoms with Crippen LogP contribution in [0.1, 0.15) is 23.3 Å². The lowest BCUT2D eigenvalue weighted by Crippen LogP contribution is -2.07. The van der Waals surface area contributed by atoms with Crippen molar-refractivity contribution in [3.63, 3.8) is 0 Å². The molecule has 4 nitrogen and oxygen atoms in total. The van der Waals surface area contributed by atoms with Gasteiger partial charge in [-0.25, -0.2) is 4.99 Å². The van der Waals surface area contributed by atoms with Crippen LogP contribution >= 0.6 is 0 Å². The molecule has 0 aromatic heterocycles. The zero-order chi connectivity index (χ0) is 14.7. The van der Waals surface area contributed by atoms with Crippen LogP contribution in [0, 0.1) is 0 Å². The molecule has 0 N–H and O–H groups in total. The molecule has 0 bridgehead atoms. The van der Waals surface area contributed by atoms with E-state index in [4.69, 9.17) is 14.2 Å². The molecule has 0 spiro atoms. The van der Waals surface area contributed by atoms with E-state index < -0.39 is 0 Å². The molecule has 2 aromatic rings. The summed E-state index contributed by atoms with van der Waals surface area (Å²) in [5, 5.41) is 0. The van der Waals surface area contributed by atoms with Crippen molar-refractivity contribution in [1.29, 1.82) is 0 Å². The van der Waals surface area contributed by atoms with Gasteiger partial charge in [-0.1, -0.05) is 36.4 Å². The Morgan fingerprint density at radius 2 is 1.67 bits per heavy atom. The summed E-state index contributed by atoms with van der Waals surface area (Å²) in [6, 6.07) is 15.9. The first-order valence-electron chi connectivity index (χ1n) is 6.77. The third kappa shape index (κ3) is 2.57. The van der Waals surface area contributed by atoms with Gasteiger partial charge >= 0.3 is 0 Å². The molecule has 108 valence electrons. The molecule has 0 unspecified atom stereocenters. The van der Waals surface area contributed by atoms with Crippen LogP contribution in [-0.2, 0) is 4.74 Å². The minimum atomic E-state index is -0.146. The van der Waals surface area contributed by atoms with E-state index in [9.17, 15) is 0 Å². The highest BCUT2D eigenvalue weighted by Crippen LogP contribution is 2.40. The van der Waals surface area contributed by atoms with E-state index in [1.807, 2.05) is 36.4 Å². The molecule has 2 atom stereocenters. The Morgan fingerprint density at radius 3 is 2.38 bits per heavy atom. The first-order valence-corrected chi connectivity index (χ1v) is 6.77. The van der Waals surface area contributed by atoms with Crippen molar-refractivity contribution in [2.75, 3.05) is 14.2 Å². The van der Waals surface area contributed by atoms with Gasteiger partial charge in [0, 0.05) is 0 Å². The Balaban J connectivity index is 1.93. The number of benzene rings is 2. The van der Waals surface area contributed by atoms with E-state index in [1.165, 1.54) is 6.40 Å². The molecule has 0 aliphatic carbocycles. The molecule has 0 fully saturated rings. The lowest BCUT2D eigenvalue weighted by Gasteiger charge is -2.19. The van der Waals surface area contributed by atoms with Crippen LogP contribution in [0.15, 0.2) is 53.5 Å². The SMILES string of the molecule is COc1ccc([C@@H]2OC=N[C@H]2c2ccccc2)cc1OC. The molecule has 3 rings (SSSR count). The summed E-state index contributed by atoms with van der Waals surface area (Å²) < 4.78 is 16.3. The first-order chi connectivity index (χ1) is 10.3. The Kier molecular flexibility index (Phi) is 3.77. The fourth-order valence-electron chi connectivity index (χ4n) is 2.52. The average Bonchev–Trinajstić information content (AvgIpc) is 3.04. The number of hydrogen-bond acceptors (Lipinski definition) is 4. The van der Waals surface area contributed by atoms with Gasteiger partial charge in [0.25, 0.3) is 0 Å². The maximum atomic E-state index is 5.69. The second-order valence-electron chi connectivity index (χ2n) is 4.78. The number of aliphatic imine (C=N–C) groups is 1. The highest BCUT2D eigenvalue weighted by atomic mass is 16.5. The van der Waals surface area contributed by atoms with Crippen LogP contribution in [0.3, 0.4) is 0 Å². The molecular formula is C17H17NO3. The molecule has 1 heterocycles. The summed E-state index contributed by atoms with van der Waals surface area (Å²) in [6.07, 6.45) is 1.38. The number of hydrogen-bond donors (Lipinski definition) is 0. The molecule has 1 aliphatic heterocycles. The third-order valence-electron chi connectivity index (χ3n) is 3.59. The van der Waals surface area contributed by atoms with E-state index in [1.54, 1.807) is 14.2 Å². The van der Waals surface area contributed by atoms with Crippen molar-refractivity contribution < 1.29 is 14.2 Å². The van der Waals surface area contributed by atoms with E-state index in [-0.39, 0.29) is 12.1 Å². The summed E-state index contributed by atoms with van der Waals surface area (Å²) in [4.78, 5) is 4.44. The molecule has 0 saturated heterocycles. The molecule has 21 heavy (non-hydrogen) atoms. The Hall–Kier alpha value is -2.49. The van der Waals surface area contributed by atoms with E-state index >= 15 is 0 Å². The van der Waals surface area contributed by atoms with Gasteiger partial charge in [0.2, 0.25) is 0 Å². The monoisotopic (exact) mass is 283 g/mol. The minimum absolute atomic E-state index is 0.0377. The normalized spacial score (nSPS) is 20.1. The second-order valence-corrected chi connectivity index (χ2v) is 4.78. The van der Waals surface area contributed by atoms with Crippen molar-refractivity contribution in [3.8, 4) is 11.5 Å². The predicted octanol–water partition coefficient (Wildman–Crippen LogP) is 3.54. The standard InChI is InChI=1S/C17H17NO3/c1-19-14-9-8-13(10-15(14)20-2)17-16(18-11-21-17)12-6-4-3-5-7-12/h3-11,16-17H,1-2H3/t16-,17-/m0/s1. The number of ether oxygens (including phenoxy) is 3. The summed E-state index contributed by atoms with van der Waals surface area (Å²) in [5.41, 5.74) is 2.14. The molecular weight excluding hydrogens is 266 g/mol. The van der Waals surface area contributed by atoms with Crippen molar-refractivity contribution in [2.24, 2.45) is 4.99 Å². The fraction of sp³-hybridized carbons (Fsp3) is 0.235. The molecule has 0 amide bonds. The van der Waals surface area contributed by atoms with Gasteiger partial charge < -0.3 is 14.2 Å². The summed E-state index contributed by atoms with van der Waals surface area (Å²) in [6.45, 7) is 0. The lowest BCUT2D eigenvalue weighted by atomic mass is 9.96. The van der Waals surface area contributed by atoms with Crippen molar-refractivity contribution in [1.82, 2.24) is 0 Å². The molecule has 1 aliphatic rings. The van der Waals surface area contributed by atoms with Gasteiger partial charge in [0.05, 0.1) is 14.2 Å². The maximum Gasteiger partial charge on any atom is 0.171 e. The van der Waals surface area contributed by atoms with Crippen LogP contribution in [-0.4, -0.2) is 20.6 Å².